The molecule has 0 saturated carbocycles. The number of nitrogens with zero attached hydrogens (tertiary/aromatic N) is 3. The molecule has 0 aliphatic heterocycles. The molecule has 0 spiro atoms. The summed E-state index contributed by atoms with van der Waals surface area (Å²) in [5, 5.41) is 12.4. The average molecular weight is 424 g/mol. The summed E-state index contributed by atoms with van der Waals surface area (Å²) in [5.41, 5.74) is 0.672. The van der Waals surface area contributed by atoms with E-state index < -0.39 is 17.6 Å². The Morgan fingerprint density at radius 3 is 2.63 bits per heavy atom. The van der Waals surface area contributed by atoms with Crippen molar-refractivity contribution in [3.05, 3.63) is 76.9 Å². The van der Waals surface area contributed by atoms with Crippen LogP contribution in [-0.2, 0) is 6.18 Å². The van der Waals surface area contributed by atoms with Gasteiger partial charge < -0.3 is 5.32 Å². The molecule has 9 heteroatoms. The van der Waals surface area contributed by atoms with E-state index >= 15 is 0 Å². The first-order valence-corrected chi connectivity index (χ1v) is 9.40. The van der Waals surface area contributed by atoms with Crippen LogP contribution in [0.25, 0.3) is 21.5 Å². The van der Waals surface area contributed by atoms with Crippen molar-refractivity contribution in [3.8, 4) is 17.3 Å². The fourth-order valence-corrected chi connectivity index (χ4v) is 3.72. The summed E-state index contributed by atoms with van der Waals surface area (Å²) in [6.07, 6.45) is -3.14. The van der Waals surface area contributed by atoms with Crippen LogP contribution in [0.2, 0.25) is 0 Å². The smallest absolute Gasteiger partial charge is 0.322 e. The second-order valence-corrected chi connectivity index (χ2v) is 7.31. The lowest BCUT2D eigenvalue weighted by atomic mass is 10.1. The van der Waals surface area contributed by atoms with Gasteiger partial charge in [0.25, 0.3) is 5.91 Å². The number of nitrogens with one attached hydrogen (secondary N) is 1. The molecule has 0 aliphatic carbocycles. The first-order valence-electron chi connectivity index (χ1n) is 8.59. The second kappa shape index (κ2) is 7.57. The molecular weight excluding hydrogens is 413 g/mol. The normalized spacial score (nSPS) is 11.3. The predicted molar refractivity (Wildman–Crippen MR) is 107 cm³/mol. The number of hydrogen-bond acceptors (Lipinski definition) is 5. The van der Waals surface area contributed by atoms with Crippen LogP contribution in [-0.4, -0.2) is 15.9 Å². The molecule has 2 heterocycles. The number of alkyl halides is 3. The third-order valence-corrected chi connectivity index (χ3v) is 5.23. The molecule has 2 aromatic carbocycles. The van der Waals surface area contributed by atoms with E-state index in [1.165, 1.54) is 29.8 Å². The van der Waals surface area contributed by atoms with Gasteiger partial charge in [-0.15, -0.1) is 11.3 Å². The molecule has 1 N–H and O–H groups in total. The SMILES string of the molecule is N#Cc1cc2c(-c3cccc(NC(=O)c4cccc(C(F)(F)F)c4)c3)ncnc2s1. The number of amides is 1. The predicted octanol–water partition coefficient (Wildman–Crippen LogP) is 5.50. The summed E-state index contributed by atoms with van der Waals surface area (Å²) in [4.78, 5) is 22.1. The summed E-state index contributed by atoms with van der Waals surface area (Å²) < 4.78 is 38.7. The third kappa shape index (κ3) is 3.86. The summed E-state index contributed by atoms with van der Waals surface area (Å²) in [7, 11) is 0. The fourth-order valence-electron chi connectivity index (χ4n) is 2.92. The van der Waals surface area contributed by atoms with Crippen LogP contribution in [0.1, 0.15) is 20.8 Å². The molecular formula is C21H11F3N4OS. The zero-order chi connectivity index (χ0) is 21.3. The topological polar surface area (TPSA) is 78.7 Å². The lowest BCUT2D eigenvalue weighted by Gasteiger charge is -2.10. The molecule has 0 aliphatic rings. The Bertz CT molecular complexity index is 1310. The first kappa shape index (κ1) is 19.5. The quantitative estimate of drug-likeness (QED) is 0.471. The Labute approximate surface area is 172 Å². The number of benzene rings is 2. The highest BCUT2D eigenvalue weighted by atomic mass is 32.1. The van der Waals surface area contributed by atoms with Gasteiger partial charge in [0.15, 0.2) is 0 Å². The summed E-state index contributed by atoms with van der Waals surface area (Å²) in [6, 6.07) is 14.8. The van der Waals surface area contributed by atoms with E-state index in [0.29, 0.717) is 32.0 Å². The van der Waals surface area contributed by atoms with Crippen LogP contribution in [0.15, 0.2) is 60.9 Å². The zero-order valence-corrected chi connectivity index (χ0v) is 15.9. The van der Waals surface area contributed by atoms with Crippen LogP contribution in [0.5, 0.6) is 0 Å². The maximum Gasteiger partial charge on any atom is 0.416 e. The molecule has 2 aromatic heterocycles. The fraction of sp³-hybridized carbons (Fsp3) is 0.0476. The van der Waals surface area contributed by atoms with Crippen LogP contribution < -0.4 is 5.32 Å². The van der Waals surface area contributed by atoms with Gasteiger partial charge >= 0.3 is 6.18 Å². The van der Waals surface area contributed by atoms with Gasteiger partial charge in [0.1, 0.15) is 22.1 Å². The molecule has 30 heavy (non-hydrogen) atoms. The highest BCUT2D eigenvalue weighted by Gasteiger charge is 2.30. The first-order chi connectivity index (χ1) is 14.3. The molecule has 4 rings (SSSR count). The summed E-state index contributed by atoms with van der Waals surface area (Å²) in [5.74, 6) is -0.659. The molecule has 1 amide bonds. The standard InChI is InChI=1S/C21H11F3N4OS/c22-21(23,24)14-5-1-4-13(7-14)19(29)28-15-6-2-3-12(8-15)18-17-9-16(10-25)30-20(17)27-11-26-18/h1-9,11H,(H,28,29). The van der Waals surface area contributed by atoms with E-state index in [-0.39, 0.29) is 5.56 Å². The van der Waals surface area contributed by atoms with Crippen molar-refractivity contribution in [2.24, 2.45) is 0 Å². The minimum atomic E-state index is -4.53. The van der Waals surface area contributed by atoms with E-state index in [9.17, 15) is 18.0 Å². The van der Waals surface area contributed by atoms with E-state index in [0.717, 1.165) is 12.1 Å². The van der Waals surface area contributed by atoms with E-state index in [1.54, 1.807) is 30.3 Å². The molecule has 148 valence electrons. The number of fused-ring (bicyclic) bond motifs is 1. The molecule has 0 radical (unpaired) electrons. The second-order valence-electron chi connectivity index (χ2n) is 6.28. The van der Waals surface area contributed by atoms with Gasteiger partial charge in [0.05, 0.1) is 11.3 Å². The molecule has 4 aromatic rings. The highest BCUT2D eigenvalue weighted by molar-refractivity contribution is 7.19. The lowest BCUT2D eigenvalue weighted by molar-refractivity contribution is -0.137. The van der Waals surface area contributed by atoms with Crippen LogP contribution in [0.3, 0.4) is 0 Å². The number of nitriles is 1. The van der Waals surface area contributed by atoms with Crippen molar-refractivity contribution in [1.29, 1.82) is 5.26 Å². The van der Waals surface area contributed by atoms with E-state index in [2.05, 4.69) is 21.4 Å². The van der Waals surface area contributed by atoms with Gasteiger partial charge in [0.2, 0.25) is 0 Å². The minimum absolute atomic E-state index is 0.101. The van der Waals surface area contributed by atoms with Crippen molar-refractivity contribution in [3.63, 3.8) is 0 Å². The Hall–Kier alpha value is -3.77. The number of aromatic nitrogens is 2. The summed E-state index contributed by atoms with van der Waals surface area (Å²) >= 11 is 1.25. The summed E-state index contributed by atoms with van der Waals surface area (Å²) in [6.45, 7) is 0. The zero-order valence-electron chi connectivity index (χ0n) is 15.1. The van der Waals surface area contributed by atoms with Gasteiger partial charge in [0, 0.05) is 22.2 Å². The molecule has 0 unspecified atom stereocenters. The molecule has 0 fully saturated rings. The van der Waals surface area contributed by atoms with Gasteiger partial charge in [-0.05, 0) is 36.4 Å². The lowest BCUT2D eigenvalue weighted by Crippen LogP contribution is -2.14. The molecule has 0 atom stereocenters. The average Bonchev–Trinajstić information content (AvgIpc) is 3.17. The van der Waals surface area contributed by atoms with Crippen LogP contribution in [0, 0.1) is 11.3 Å². The van der Waals surface area contributed by atoms with Gasteiger partial charge in [-0.25, -0.2) is 9.97 Å². The van der Waals surface area contributed by atoms with E-state index in [1.807, 2.05) is 0 Å². The van der Waals surface area contributed by atoms with Crippen molar-refractivity contribution in [2.45, 2.75) is 6.18 Å². The number of thiophene rings is 1. The number of carbonyl (C=O) groups excluding carboxylic acids is 1. The van der Waals surface area contributed by atoms with Crippen LogP contribution >= 0.6 is 11.3 Å². The number of anilines is 1. The number of halogens is 3. The third-order valence-electron chi connectivity index (χ3n) is 4.29. The Morgan fingerprint density at radius 2 is 1.87 bits per heavy atom. The van der Waals surface area contributed by atoms with Crippen molar-refractivity contribution in [1.82, 2.24) is 9.97 Å². The minimum Gasteiger partial charge on any atom is -0.322 e. The van der Waals surface area contributed by atoms with Crippen molar-refractivity contribution < 1.29 is 18.0 Å². The largest absolute Gasteiger partial charge is 0.416 e. The molecule has 0 bridgehead atoms. The van der Waals surface area contributed by atoms with Crippen molar-refractivity contribution >= 4 is 33.1 Å². The van der Waals surface area contributed by atoms with Gasteiger partial charge in [-0.3, -0.25) is 4.79 Å². The maximum atomic E-state index is 12.9. The van der Waals surface area contributed by atoms with E-state index in [4.69, 9.17) is 5.26 Å². The Morgan fingerprint density at radius 1 is 1.07 bits per heavy atom. The van der Waals surface area contributed by atoms with Gasteiger partial charge in [-0.2, -0.15) is 18.4 Å². The number of carbonyl (C=O) groups is 1. The van der Waals surface area contributed by atoms with Crippen LogP contribution in [0.4, 0.5) is 18.9 Å². The highest BCUT2D eigenvalue weighted by Crippen LogP contribution is 2.32. The Balaban J connectivity index is 1.65. The number of hydrogen-bond donors (Lipinski definition) is 1. The van der Waals surface area contributed by atoms with Crippen molar-refractivity contribution in [2.75, 3.05) is 5.32 Å². The Kier molecular flexibility index (Phi) is 4.93. The molecule has 0 saturated heterocycles. The number of rotatable bonds is 3. The maximum absolute atomic E-state index is 12.9. The monoisotopic (exact) mass is 424 g/mol. The molecule has 5 nitrogen and oxygen atoms in total. The van der Waals surface area contributed by atoms with Gasteiger partial charge in [-0.1, -0.05) is 18.2 Å².